The molecule has 0 saturated heterocycles. The predicted octanol–water partition coefficient (Wildman–Crippen LogP) is 3.36. The van der Waals surface area contributed by atoms with Crippen LogP contribution in [-0.4, -0.2) is 11.8 Å². The van der Waals surface area contributed by atoms with E-state index in [1.807, 2.05) is 16.8 Å². The standard InChI is InChI=1S/C15H14N2O2S/c1-11(18)16-13-3-2-4-14(9-13)17-15(19)6-5-12-7-8-20-10-12/h2-10H,1H3,(H,16,18)(H,17,19)/b6-5+. The van der Waals surface area contributed by atoms with Crippen molar-refractivity contribution in [2.45, 2.75) is 6.92 Å². The molecular formula is C15H14N2O2S. The Kier molecular flexibility index (Phi) is 4.68. The van der Waals surface area contributed by atoms with Gasteiger partial charge in [0.1, 0.15) is 0 Å². The van der Waals surface area contributed by atoms with Crippen LogP contribution in [0.25, 0.3) is 6.08 Å². The molecule has 1 aromatic carbocycles. The predicted molar refractivity (Wildman–Crippen MR) is 82.7 cm³/mol. The zero-order valence-electron chi connectivity index (χ0n) is 10.9. The van der Waals surface area contributed by atoms with Gasteiger partial charge in [-0.3, -0.25) is 9.59 Å². The summed E-state index contributed by atoms with van der Waals surface area (Å²) in [6.45, 7) is 1.44. The molecule has 0 radical (unpaired) electrons. The van der Waals surface area contributed by atoms with Crippen molar-refractivity contribution in [3.63, 3.8) is 0 Å². The molecule has 1 heterocycles. The van der Waals surface area contributed by atoms with E-state index in [1.165, 1.54) is 13.0 Å². The van der Waals surface area contributed by atoms with Crippen LogP contribution >= 0.6 is 11.3 Å². The second-order valence-corrected chi connectivity index (χ2v) is 4.92. The Morgan fingerprint density at radius 3 is 2.55 bits per heavy atom. The number of rotatable bonds is 4. The summed E-state index contributed by atoms with van der Waals surface area (Å²) in [7, 11) is 0. The van der Waals surface area contributed by atoms with E-state index >= 15 is 0 Å². The number of hydrogen-bond donors (Lipinski definition) is 2. The first-order valence-corrected chi connectivity index (χ1v) is 6.97. The van der Waals surface area contributed by atoms with Gasteiger partial charge < -0.3 is 10.6 Å². The Labute approximate surface area is 121 Å². The first-order chi connectivity index (χ1) is 9.63. The van der Waals surface area contributed by atoms with Gasteiger partial charge in [0, 0.05) is 24.4 Å². The van der Waals surface area contributed by atoms with Crippen molar-refractivity contribution < 1.29 is 9.59 Å². The van der Waals surface area contributed by atoms with Crippen LogP contribution in [0.3, 0.4) is 0 Å². The second-order valence-electron chi connectivity index (χ2n) is 4.14. The van der Waals surface area contributed by atoms with E-state index in [0.29, 0.717) is 11.4 Å². The summed E-state index contributed by atoms with van der Waals surface area (Å²) in [5.41, 5.74) is 2.28. The summed E-state index contributed by atoms with van der Waals surface area (Å²) in [5, 5.41) is 9.32. The maximum absolute atomic E-state index is 11.8. The van der Waals surface area contributed by atoms with E-state index in [2.05, 4.69) is 10.6 Å². The maximum Gasteiger partial charge on any atom is 0.248 e. The third-order valence-corrected chi connectivity index (χ3v) is 3.12. The molecular weight excluding hydrogens is 272 g/mol. The number of hydrogen-bond acceptors (Lipinski definition) is 3. The van der Waals surface area contributed by atoms with Gasteiger partial charge in [-0.25, -0.2) is 0 Å². The van der Waals surface area contributed by atoms with E-state index < -0.39 is 0 Å². The average Bonchev–Trinajstić information content (AvgIpc) is 2.89. The van der Waals surface area contributed by atoms with Crippen LogP contribution in [0.1, 0.15) is 12.5 Å². The number of carbonyl (C=O) groups excluding carboxylic acids is 2. The number of amides is 2. The van der Waals surface area contributed by atoms with Gasteiger partial charge in [-0.15, -0.1) is 0 Å². The Bertz CT molecular complexity index is 633. The van der Waals surface area contributed by atoms with Crippen LogP contribution in [-0.2, 0) is 9.59 Å². The lowest BCUT2D eigenvalue weighted by Gasteiger charge is -2.06. The fraction of sp³-hybridized carbons (Fsp3) is 0.0667. The zero-order chi connectivity index (χ0) is 14.4. The minimum atomic E-state index is -0.212. The molecule has 0 bridgehead atoms. The fourth-order valence-electron chi connectivity index (χ4n) is 1.60. The van der Waals surface area contributed by atoms with Crippen molar-refractivity contribution in [2.75, 3.05) is 10.6 Å². The molecule has 2 N–H and O–H groups in total. The number of benzene rings is 1. The van der Waals surface area contributed by atoms with E-state index in [9.17, 15) is 9.59 Å². The van der Waals surface area contributed by atoms with E-state index in [-0.39, 0.29) is 11.8 Å². The molecule has 0 fully saturated rings. The van der Waals surface area contributed by atoms with Crippen molar-refractivity contribution in [3.8, 4) is 0 Å². The third kappa shape index (κ3) is 4.37. The molecule has 102 valence electrons. The van der Waals surface area contributed by atoms with Crippen molar-refractivity contribution >= 4 is 40.6 Å². The SMILES string of the molecule is CC(=O)Nc1cccc(NC(=O)/C=C/c2ccsc2)c1. The molecule has 0 aliphatic rings. The Morgan fingerprint density at radius 2 is 1.90 bits per heavy atom. The van der Waals surface area contributed by atoms with Gasteiger partial charge >= 0.3 is 0 Å². The quantitative estimate of drug-likeness (QED) is 0.847. The molecule has 1 aromatic heterocycles. The van der Waals surface area contributed by atoms with Gasteiger partial charge in [0.05, 0.1) is 0 Å². The Morgan fingerprint density at radius 1 is 1.15 bits per heavy atom. The van der Waals surface area contributed by atoms with Crippen molar-refractivity contribution in [3.05, 3.63) is 52.7 Å². The molecule has 2 rings (SSSR count). The summed E-state index contributed by atoms with van der Waals surface area (Å²) in [6.07, 6.45) is 3.23. The zero-order valence-corrected chi connectivity index (χ0v) is 11.7. The summed E-state index contributed by atoms with van der Waals surface area (Å²) in [6, 6.07) is 8.94. The van der Waals surface area contributed by atoms with E-state index in [0.717, 1.165) is 5.56 Å². The second kappa shape index (κ2) is 6.68. The van der Waals surface area contributed by atoms with Crippen LogP contribution < -0.4 is 10.6 Å². The van der Waals surface area contributed by atoms with E-state index in [1.54, 1.807) is 41.7 Å². The highest BCUT2D eigenvalue weighted by Crippen LogP contribution is 2.15. The molecule has 2 aromatic rings. The van der Waals surface area contributed by atoms with Crippen LogP contribution in [0, 0.1) is 0 Å². The molecule has 4 nitrogen and oxygen atoms in total. The van der Waals surface area contributed by atoms with Crippen molar-refractivity contribution in [2.24, 2.45) is 0 Å². The molecule has 0 aliphatic carbocycles. The lowest BCUT2D eigenvalue weighted by atomic mass is 10.2. The van der Waals surface area contributed by atoms with Gasteiger partial charge in [-0.1, -0.05) is 6.07 Å². The minimum Gasteiger partial charge on any atom is -0.326 e. The summed E-state index contributed by atoms with van der Waals surface area (Å²) >= 11 is 1.58. The molecule has 0 atom stereocenters. The largest absolute Gasteiger partial charge is 0.326 e. The minimum absolute atomic E-state index is 0.147. The van der Waals surface area contributed by atoms with Gasteiger partial charge in [0.2, 0.25) is 11.8 Å². The number of thiophene rings is 1. The van der Waals surface area contributed by atoms with Gasteiger partial charge in [-0.2, -0.15) is 11.3 Å². The maximum atomic E-state index is 11.8. The fourth-order valence-corrected chi connectivity index (χ4v) is 2.23. The number of nitrogens with one attached hydrogen (secondary N) is 2. The van der Waals surface area contributed by atoms with Gasteiger partial charge in [0.25, 0.3) is 0 Å². The molecule has 0 saturated carbocycles. The number of anilines is 2. The molecule has 5 heteroatoms. The Balaban J connectivity index is 1.99. The molecule has 0 unspecified atom stereocenters. The first-order valence-electron chi connectivity index (χ1n) is 6.02. The normalized spacial score (nSPS) is 10.4. The smallest absolute Gasteiger partial charge is 0.248 e. The third-order valence-electron chi connectivity index (χ3n) is 2.42. The first kappa shape index (κ1) is 14.0. The molecule has 0 aliphatic heterocycles. The summed E-state index contributed by atoms with van der Waals surface area (Å²) in [4.78, 5) is 22.7. The molecule has 20 heavy (non-hydrogen) atoms. The monoisotopic (exact) mass is 286 g/mol. The van der Waals surface area contributed by atoms with Gasteiger partial charge in [-0.05, 0) is 46.7 Å². The van der Waals surface area contributed by atoms with Crippen LogP contribution in [0.2, 0.25) is 0 Å². The van der Waals surface area contributed by atoms with Crippen molar-refractivity contribution in [1.29, 1.82) is 0 Å². The van der Waals surface area contributed by atoms with Crippen LogP contribution in [0.4, 0.5) is 11.4 Å². The topological polar surface area (TPSA) is 58.2 Å². The van der Waals surface area contributed by atoms with E-state index in [4.69, 9.17) is 0 Å². The lowest BCUT2D eigenvalue weighted by molar-refractivity contribution is -0.114. The highest BCUT2D eigenvalue weighted by molar-refractivity contribution is 7.08. The van der Waals surface area contributed by atoms with Crippen LogP contribution in [0.15, 0.2) is 47.2 Å². The summed E-state index contributed by atoms with van der Waals surface area (Å²) < 4.78 is 0. The van der Waals surface area contributed by atoms with Crippen molar-refractivity contribution in [1.82, 2.24) is 0 Å². The van der Waals surface area contributed by atoms with Crippen LogP contribution in [0.5, 0.6) is 0 Å². The number of carbonyl (C=O) groups is 2. The molecule has 0 spiro atoms. The lowest BCUT2D eigenvalue weighted by Crippen LogP contribution is -2.09. The average molecular weight is 286 g/mol. The highest BCUT2D eigenvalue weighted by atomic mass is 32.1. The highest BCUT2D eigenvalue weighted by Gasteiger charge is 2.00. The Hall–Kier alpha value is -2.40. The summed E-state index contributed by atoms with van der Waals surface area (Å²) in [5.74, 6) is -0.359. The van der Waals surface area contributed by atoms with Gasteiger partial charge in [0.15, 0.2) is 0 Å². The molecule has 2 amide bonds.